The molecule has 1 saturated carbocycles. The fourth-order valence-corrected chi connectivity index (χ4v) is 2.92. The van der Waals surface area contributed by atoms with Crippen LogP contribution in [0.5, 0.6) is 0 Å². The molecule has 0 bridgehead atoms. The smallest absolute Gasteiger partial charge is 0.254 e. The molecule has 24 heavy (non-hydrogen) atoms. The van der Waals surface area contributed by atoms with Gasteiger partial charge in [0.25, 0.3) is 5.91 Å². The van der Waals surface area contributed by atoms with Crippen LogP contribution >= 0.6 is 0 Å². The molecule has 1 fully saturated rings. The van der Waals surface area contributed by atoms with Gasteiger partial charge in [-0.15, -0.1) is 0 Å². The summed E-state index contributed by atoms with van der Waals surface area (Å²) in [4.78, 5) is 12.6. The van der Waals surface area contributed by atoms with E-state index in [2.05, 4.69) is 29.5 Å². The number of benzene rings is 1. The predicted octanol–water partition coefficient (Wildman–Crippen LogP) is 2.39. The van der Waals surface area contributed by atoms with Crippen molar-refractivity contribution < 1.29 is 9.90 Å². The highest BCUT2D eigenvalue weighted by Crippen LogP contribution is 2.44. The molecule has 0 radical (unpaired) electrons. The summed E-state index contributed by atoms with van der Waals surface area (Å²) in [5, 5.41) is 16.8. The van der Waals surface area contributed by atoms with Gasteiger partial charge in [0.05, 0.1) is 30.6 Å². The van der Waals surface area contributed by atoms with Gasteiger partial charge in [-0.1, -0.05) is 43.7 Å². The lowest BCUT2D eigenvalue weighted by molar-refractivity contribution is 0.0934. The SMILES string of the molecule is CCCc1c(C(=O)NCC2(CO)CC2)cnn1Cc1ccccc1. The van der Waals surface area contributed by atoms with Gasteiger partial charge in [0.2, 0.25) is 0 Å². The fourth-order valence-electron chi connectivity index (χ4n) is 2.92. The number of aliphatic hydroxyl groups is 1. The standard InChI is InChI=1S/C19H25N3O2/c1-2-6-17-16(18(24)20-13-19(14-23)9-10-19)11-21-22(17)12-15-7-4-3-5-8-15/h3-5,7-8,11,23H,2,6,9-10,12-14H2,1H3,(H,20,24). The van der Waals surface area contributed by atoms with Crippen molar-refractivity contribution in [3.63, 3.8) is 0 Å². The third kappa shape index (κ3) is 3.67. The van der Waals surface area contributed by atoms with E-state index in [1.807, 2.05) is 22.9 Å². The van der Waals surface area contributed by atoms with Crippen molar-refractivity contribution in [2.75, 3.05) is 13.2 Å². The number of amides is 1. The maximum atomic E-state index is 12.6. The van der Waals surface area contributed by atoms with Crippen LogP contribution in [0.2, 0.25) is 0 Å². The minimum Gasteiger partial charge on any atom is -0.396 e. The summed E-state index contributed by atoms with van der Waals surface area (Å²) in [6.45, 7) is 3.46. The van der Waals surface area contributed by atoms with Crippen molar-refractivity contribution >= 4 is 5.91 Å². The van der Waals surface area contributed by atoms with Crippen LogP contribution in [0, 0.1) is 5.41 Å². The zero-order chi connectivity index (χ0) is 17.0. The van der Waals surface area contributed by atoms with Crippen LogP contribution in [-0.2, 0) is 13.0 Å². The Kier molecular flexibility index (Phi) is 5.00. The van der Waals surface area contributed by atoms with Gasteiger partial charge in [-0.3, -0.25) is 9.48 Å². The Hall–Kier alpha value is -2.14. The molecule has 0 unspecified atom stereocenters. The van der Waals surface area contributed by atoms with Crippen molar-refractivity contribution in [2.24, 2.45) is 5.41 Å². The van der Waals surface area contributed by atoms with Gasteiger partial charge in [0.15, 0.2) is 0 Å². The number of rotatable bonds is 8. The molecule has 1 amide bonds. The molecule has 1 aliphatic carbocycles. The molecule has 0 saturated heterocycles. The third-order valence-electron chi connectivity index (χ3n) is 4.77. The summed E-state index contributed by atoms with van der Waals surface area (Å²) in [7, 11) is 0. The fraction of sp³-hybridized carbons (Fsp3) is 0.474. The average Bonchev–Trinajstić information content (AvgIpc) is 3.30. The minimum atomic E-state index is -0.0857. The predicted molar refractivity (Wildman–Crippen MR) is 92.9 cm³/mol. The second-order valence-electron chi connectivity index (χ2n) is 6.74. The van der Waals surface area contributed by atoms with Crippen molar-refractivity contribution in [3.05, 3.63) is 53.3 Å². The van der Waals surface area contributed by atoms with E-state index < -0.39 is 0 Å². The molecule has 0 spiro atoms. The van der Waals surface area contributed by atoms with Gasteiger partial charge >= 0.3 is 0 Å². The first-order valence-corrected chi connectivity index (χ1v) is 8.65. The Morgan fingerprint density at radius 2 is 2.08 bits per heavy atom. The molecule has 0 atom stereocenters. The highest BCUT2D eigenvalue weighted by Gasteiger charge is 2.42. The van der Waals surface area contributed by atoms with Crippen molar-refractivity contribution in [1.82, 2.24) is 15.1 Å². The van der Waals surface area contributed by atoms with Crippen LogP contribution in [0.1, 0.15) is 47.8 Å². The van der Waals surface area contributed by atoms with E-state index in [0.717, 1.165) is 31.4 Å². The monoisotopic (exact) mass is 327 g/mol. The Morgan fingerprint density at radius 1 is 1.33 bits per heavy atom. The minimum absolute atomic E-state index is 0.0827. The lowest BCUT2D eigenvalue weighted by atomic mass is 10.1. The number of aliphatic hydroxyl groups excluding tert-OH is 1. The highest BCUT2D eigenvalue weighted by molar-refractivity contribution is 5.95. The van der Waals surface area contributed by atoms with Crippen LogP contribution in [0.15, 0.2) is 36.5 Å². The molecule has 1 aliphatic rings. The molecule has 2 N–H and O–H groups in total. The molecule has 128 valence electrons. The molecule has 1 heterocycles. The van der Waals surface area contributed by atoms with Gasteiger partial charge in [0, 0.05) is 12.0 Å². The Labute approximate surface area is 142 Å². The van der Waals surface area contributed by atoms with E-state index in [9.17, 15) is 9.90 Å². The maximum absolute atomic E-state index is 12.6. The number of hydrogen-bond acceptors (Lipinski definition) is 3. The second kappa shape index (κ2) is 7.18. The van der Waals surface area contributed by atoms with Crippen molar-refractivity contribution in [3.8, 4) is 0 Å². The summed E-state index contributed by atoms with van der Waals surface area (Å²) in [6, 6.07) is 10.1. The Balaban J connectivity index is 1.74. The lowest BCUT2D eigenvalue weighted by Gasteiger charge is -2.13. The number of carbonyl (C=O) groups is 1. The van der Waals surface area contributed by atoms with Crippen LogP contribution < -0.4 is 5.32 Å². The maximum Gasteiger partial charge on any atom is 0.254 e. The van der Waals surface area contributed by atoms with Gasteiger partial charge < -0.3 is 10.4 Å². The van der Waals surface area contributed by atoms with Crippen LogP contribution in [0.4, 0.5) is 0 Å². The van der Waals surface area contributed by atoms with Gasteiger partial charge in [-0.2, -0.15) is 5.10 Å². The third-order valence-corrected chi connectivity index (χ3v) is 4.77. The average molecular weight is 327 g/mol. The van der Waals surface area contributed by atoms with Crippen LogP contribution in [0.3, 0.4) is 0 Å². The molecule has 5 nitrogen and oxygen atoms in total. The number of nitrogens with zero attached hydrogens (tertiary/aromatic N) is 2. The molecule has 1 aromatic carbocycles. The molecule has 1 aromatic heterocycles. The Morgan fingerprint density at radius 3 is 2.71 bits per heavy atom. The number of aromatic nitrogens is 2. The van der Waals surface area contributed by atoms with Gasteiger partial charge in [-0.05, 0) is 24.8 Å². The van der Waals surface area contributed by atoms with E-state index in [4.69, 9.17) is 0 Å². The second-order valence-corrected chi connectivity index (χ2v) is 6.74. The van der Waals surface area contributed by atoms with E-state index in [0.29, 0.717) is 18.7 Å². The highest BCUT2D eigenvalue weighted by atomic mass is 16.3. The summed E-state index contributed by atoms with van der Waals surface area (Å²) >= 11 is 0. The summed E-state index contributed by atoms with van der Waals surface area (Å²) < 4.78 is 1.92. The number of carbonyl (C=O) groups excluding carboxylic acids is 1. The Bertz CT molecular complexity index is 690. The summed E-state index contributed by atoms with van der Waals surface area (Å²) in [5.41, 5.74) is 2.72. The van der Waals surface area contributed by atoms with Crippen LogP contribution in [-0.4, -0.2) is 33.9 Å². The van der Waals surface area contributed by atoms with E-state index in [1.54, 1.807) is 6.20 Å². The first-order valence-electron chi connectivity index (χ1n) is 8.65. The normalized spacial score (nSPS) is 15.2. The molecular weight excluding hydrogens is 302 g/mol. The number of nitrogens with one attached hydrogen (secondary N) is 1. The first kappa shape index (κ1) is 16.7. The largest absolute Gasteiger partial charge is 0.396 e. The molecule has 3 rings (SSSR count). The number of hydrogen-bond donors (Lipinski definition) is 2. The van der Waals surface area contributed by atoms with E-state index >= 15 is 0 Å². The van der Waals surface area contributed by atoms with Gasteiger partial charge in [-0.25, -0.2) is 0 Å². The zero-order valence-electron chi connectivity index (χ0n) is 14.2. The first-order chi connectivity index (χ1) is 11.7. The topological polar surface area (TPSA) is 67.2 Å². The van der Waals surface area contributed by atoms with Gasteiger partial charge in [0.1, 0.15) is 0 Å². The van der Waals surface area contributed by atoms with Crippen LogP contribution in [0.25, 0.3) is 0 Å². The lowest BCUT2D eigenvalue weighted by Crippen LogP contribution is -2.32. The van der Waals surface area contributed by atoms with Crippen molar-refractivity contribution in [2.45, 2.75) is 39.2 Å². The quantitative estimate of drug-likeness (QED) is 0.782. The van der Waals surface area contributed by atoms with E-state index in [1.165, 1.54) is 5.56 Å². The van der Waals surface area contributed by atoms with E-state index in [-0.39, 0.29) is 17.9 Å². The zero-order valence-corrected chi connectivity index (χ0v) is 14.2. The summed E-state index contributed by atoms with van der Waals surface area (Å²) in [6.07, 6.45) is 5.42. The van der Waals surface area contributed by atoms with Crippen molar-refractivity contribution in [1.29, 1.82) is 0 Å². The molecule has 2 aromatic rings. The molecular formula is C19H25N3O2. The summed E-state index contributed by atoms with van der Waals surface area (Å²) in [5.74, 6) is -0.0857. The molecule has 0 aliphatic heterocycles. The molecule has 5 heteroatoms.